The van der Waals surface area contributed by atoms with Crippen LogP contribution in [0.5, 0.6) is 0 Å². The van der Waals surface area contributed by atoms with Crippen molar-refractivity contribution in [3.8, 4) is 0 Å². The van der Waals surface area contributed by atoms with Crippen LogP contribution in [-0.2, 0) is 0 Å². The Labute approximate surface area is 60.7 Å². The average Bonchev–Trinajstić information content (AvgIpc) is 1.89. The van der Waals surface area contributed by atoms with Crippen LogP contribution in [0.25, 0.3) is 0 Å². The van der Waals surface area contributed by atoms with Gasteiger partial charge in [0.1, 0.15) is 0 Å². The minimum absolute atomic E-state index is 0.952. The zero-order chi connectivity index (χ0) is 7.11. The minimum atomic E-state index is 0.952. The van der Waals surface area contributed by atoms with Crippen molar-refractivity contribution in [2.24, 2.45) is 0 Å². The molecule has 0 N–H and O–H groups in total. The Morgan fingerprint density at radius 2 is 2.00 bits per heavy atom. The first-order valence-corrected chi connectivity index (χ1v) is 3.44. The second-order valence-electron chi connectivity index (χ2n) is 1.35. The van der Waals surface area contributed by atoms with Gasteiger partial charge in [-0.1, -0.05) is 49.7 Å². The molecule has 0 aromatic carbocycles. The van der Waals surface area contributed by atoms with E-state index in [0.717, 1.165) is 4.91 Å². The van der Waals surface area contributed by atoms with Crippen molar-refractivity contribution in [2.45, 2.75) is 0 Å². The van der Waals surface area contributed by atoms with Gasteiger partial charge in [0.05, 0.1) is 0 Å². The molecular weight excluding hydrogens is 128 g/mol. The molecule has 0 radical (unpaired) electrons. The Morgan fingerprint density at radius 1 is 1.33 bits per heavy atom. The third kappa shape index (κ3) is 5.18. The summed E-state index contributed by atoms with van der Waals surface area (Å²) in [7, 11) is 0. The van der Waals surface area contributed by atoms with E-state index in [1.807, 2.05) is 11.5 Å². The first-order valence-electron chi connectivity index (χ1n) is 2.57. The van der Waals surface area contributed by atoms with Gasteiger partial charge in [-0.25, -0.2) is 0 Å². The van der Waals surface area contributed by atoms with E-state index >= 15 is 0 Å². The molecule has 0 aromatic heterocycles. The lowest BCUT2D eigenvalue weighted by molar-refractivity contribution is 2.04. The van der Waals surface area contributed by atoms with Gasteiger partial charge in [0.15, 0.2) is 0 Å². The van der Waals surface area contributed by atoms with Crippen LogP contribution < -0.4 is 0 Å². The molecule has 0 rings (SSSR count). The van der Waals surface area contributed by atoms with Crippen molar-refractivity contribution < 1.29 is 0 Å². The second kappa shape index (κ2) is 5.45. The van der Waals surface area contributed by atoms with E-state index in [-0.39, 0.29) is 0 Å². The zero-order valence-corrected chi connectivity index (χ0v) is 6.16. The van der Waals surface area contributed by atoms with Gasteiger partial charge in [-0.2, -0.15) is 0 Å². The van der Waals surface area contributed by atoms with E-state index in [9.17, 15) is 0 Å². The molecule has 0 aliphatic carbocycles. The van der Waals surface area contributed by atoms with Crippen molar-refractivity contribution in [3.05, 3.63) is 48.3 Å². The van der Waals surface area contributed by atoms with Crippen LogP contribution in [0.15, 0.2) is 48.3 Å². The van der Waals surface area contributed by atoms with Crippen LogP contribution in [0, 0.1) is 0 Å². The summed E-state index contributed by atoms with van der Waals surface area (Å²) in [5.74, 6) is 0. The molecule has 0 heterocycles. The van der Waals surface area contributed by atoms with E-state index in [1.54, 1.807) is 12.2 Å². The lowest BCUT2D eigenvalue weighted by Crippen LogP contribution is -1.56. The van der Waals surface area contributed by atoms with Crippen molar-refractivity contribution in [1.82, 2.24) is 0 Å². The fourth-order valence-electron chi connectivity index (χ4n) is 0.230. The maximum Gasteiger partial charge on any atom is 0.00380 e. The van der Waals surface area contributed by atoms with E-state index in [4.69, 9.17) is 0 Å². The Kier molecular flexibility index (Phi) is 5.03. The van der Waals surface area contributed by atoms with E-state index in [1.165, 1.54) is 11.8 Å². The molecule has 0 spiro atoms. The quantitative estimate of drug-likeness (QED) is 0.538. The number of hydrogen-bond donors (Lipinski definition) is 0. The van der Waals surface area contributed by atoms with Gasteiger partial charge in [0, 0.05) is 4.91 Å². The fourth-order valence-corrected chi connectivity index (χ4v) is 0.691. The maximum absolute atomic E-state index is 3.70. The largest absolute Gasteiger partial charge is 0.0990 e. The summed E-state index contributed by atoms with van der Waals surface area (Å²) in [6.45, 7) is 10.8. The Balaban J connectivity index is 3.49. The summed E-state index contributed by atoms with van der Waals surface area (Å²) in [5, 5.41) is 1.91. The number of hydrogen-bond acceptors (Lipinski definition) is 1. The topological polar surface area (TPSA) is 0 Å². The summed E-state index contributed by atoms with van der Waals surface area (Å²) < 4.78 is 0. The molecule has 0 nitrogen and oxygen atoms in total. The highest BCUT2D eigenvalue weighted by molar-refractivity contribution is 8.06. The third-order valence-electron chi connectivity index (χ3n) is 0.662. The average molecular weight is 138 g/mol. The molecule has 9 heavy (non-hydrogen) atoms. The van der Waals surface area contributed by atoms with Gasteiger partial charge in [-0.15, -0.1) is 0 Å². The molecule has 0 aliphatic rings. The van der Waals surface area contributed by atoms with Crippen LogP contribution in [0.2, 0.25) is 0 Å². The minimum Gasteiger partial charge on any atom is -0.0990 e. The summed E-state index contributed by atoms with van der Waals surface area (Å²) in [4.78, 5) is 0.952. The van der Waals surface area contributed by atoms with Crippen molar-refractivity contribution in [2.75, 3.05) is 0 Å². The molecular formula is C8H10S. The van der Waals surface area contributed by atoms with Gasteiger partial charge in [0.25, 0.3) is 0 Å². The van der Waals surface area contributed by atoms with Crippen LogP contribution in [-0.4, -0.2) is 0 Å². The third-order valence-corrected chi connectivity index (χ3v) is 1.42. The molecule has 0 saturated heterocycles. The predicted octanol–water partition coefficient (Wildman–Crippen LogP) is 3.12. The van der Waals surface area contributed by atoms with Gasteiger partial charge in [0.2, 0.25) is 0 Å². The molecule has 0 atom stereocenters. The summed E-state index contributed by atoms with van der Waals surface area (Å²) in [5.41, 5.74) is 0. The molecule has 0 bridgehead atoms. The van der Waals surface area contributed by atoms with Gasteiger partial charge in [-0.05, 0) is 5.41 Å². The van der Waals surface area contributed by atoms with Crippen molar-refractivity contribution >= 4 is 11.8 Å². The molecule has 0 fully saturated rings. The standard InChI is InChI=1S/C8H10S/c1-4-6-7-9-8(3)5-2/h4-7H,1-3H2. The molecule has 0 aliphatic heterocycles. The highest BCUT2D eigenvalue weighted by atomic mass is 32.2. The molecule has 1 heteroatoms. The molecule has 0 aromatic rings. The zero-order valence-electron chi connectivity index (χ0n) is 5.34. The summed E-state index contributed by atoms with van der Waals surface area (Å²) in [6, 6.07) is 0. The summed E-state index contributed by atoms with van der Waals surface area (Å²) >= 11 is 1.54. The van der Waals surface area contributed by atoms with E-state index < -0.39 is 0 Å². The molecule has 0 amide bonds. The van der Waals surface area contributed by atoms with Crippen molar-refractivity contribution in [1.29, 1.82) is 0 Å². The van der Waals surface area contributed by atoms with E-state index in [2.05, 4.69) is 19.7 Å². The lowest BCUT2D eigenvalue weighted by Gasteiger charge is -1.87. The highest BCUT2D eigenvalue weighted by Gasteiger charge is 1.78. The number of allylic oxidation sites excluding steroid dienone is 3. The van der Waals surface area contributed by atoms with Crippen LogP contribution in [0.4, 0.5) is 0 Å². The number of rotatable bonds is 4. The van der Waals surface area contributed by atoms with Crippen LogP contribution in [0.3, 0.4) is 0 Å². The Hall–Kier alpha value is -0.690. The highest BCUT2D eigenvalue weighted by Crippen LogP contribution is 2.14. The normalized spacial score (nSPS) is 9.33. The Morgan fingerprint density at radius 3 is 2.44 bits per heavy atom. The van der Waals surface area contributed by atoms with E-state index in [0.29, 0.717) is 0 Å². The lowest BCUT2D eigenvalue weighted by atomic mass is 10.6. The molecule has 48 valence electrons. The number of thioether (sulfide) groups is 1. The predicted molar refractivity (Wildman–Crippen MR) is 46.3 cm³/mol. The fraction of sp³-hybridized carbons (Fsp3) is 0. The van der Waals surface area contributed by atoms with Gasteiger partial charge >= 0.3 is 0 Å². The summed E-state index contributed by atoms with van der Waals surface area (Å²) in [6.07, 6.45) is 5.31. The van der Waals surface area contributed by atoms with Crippen LogP contribution in [0.1, 0.15) is 0 Å². The van der Waals surface area contributed by atoms with Gasteiger partial charge < -0.3 is 0 Å². The second-order valence-corrected chi connectivity index (χ2v) is 2.38. The molecule has 0 saturated carbocycles. The first kappa shape index (κ1) is 8.31. The smallest absolute Gasteiger partial charge is 0.00380 e. The Bertz CT molecular complexity index is 143. The molecule has 0 unspecified atom stereocenters. The van der Waals surface area contributed by atoms with Gasteiger partial charge in [-0.3, -0.25) is 0 Å². The van der Waals surface area contributed by atoms with Crippen molar-refractivity contribution in [3.63, 3.8) is 0 Å². The monoisotopic (exact) mass is 138 g/mol. The first-order chi connectivity index (χ1) is 4.31. The SMILES string of the molecule is C=CC=CSC(=C)C=C. The van der Waals surface area contributed by atoms with Crippen LogP contribution >= 0.6 is 11.8 Å². The maximum atomic E-state index is 3.70.